The summed E-state index contributed by atoms with van der Waals surface area (Å²) in [5, 5.41) is 2.78. The van der Waals surface area contributed by atoms with Gasteiger partial charge in [0.25, 0.3) is 11.8 Å². The number of carbonyl (C=O) groups excluding carboxylic acids is 3. The Morgan fingerprint density at radius 2 is 1.76 bits per heavy atom. The van der Waals surface area contributed by atoms with E-state index in [-0.39, 0.29) is 45.2 Å². The second-order valence-corrected chi connectivity index (χ2v) is 10.0. The third kappa shape index (κ3) is 6.98. The van der Waals surface area contributed by atoms with Crippen LogP contribution in [0.25, 0.3) is 11.3 Å². The Hall–Kier alpha value is -4.10. The molecule has 1 aliphatic heterocycles. The number of nitrogens with zero attached hydrogens (tertiary/aromatic N) is 5. The first kappa shape index (κ1) is 29.9. The molecule has 1 aromatic heterocycles. The number of ether oxygens (including phenoxy) is 1. The highest BCUT2D eigenvalue weighted by atomic mass is 35.5. The first-order valence-electron chi connectivity index (χ1n) is 12.5. The summed E-state index contributed by atoms with van der Waals surface area (Å²) in [5.74, 6) is -2.11. The fraction of sp³-hybridized carbons (Fsp3) is 0.333. The summed E-state index contributed by atoms with van der Waals surface area (Å²) in [5.41, 5.74) is 0.833. The number of anilines is 1. The zero-order valence-corrected chi connectivity index (χ0v) is 23.3. The number of imidazole rings is 1. The summed E-state index contributed by atoms with van der Waals surface area (Å²) in [6, 6.07) is 7.74. The van der Waals surface area contributed by atoms with E-state index in [9.17, 15) is 27.6 Å². The van der Waals surface area contributed by atoms with Gasteiger partial charge in [0.2, 0.25) is 5.91 Å². The molecule has 0 saturated carbocycles. The van der Waals surface area contributed by atoms with Crippen LogP contribution < -0.4 is 10.1 Å². The lowest BCUT2D eigenvalue weighted by atomic mass is 10.1. The third-order valence-corrected chi connectivity index (χ3v) is 6.77. The molecule has 1 N–H and O–H groups in total. The first-order valence-corrected chi connectivity index (χ1v) is 12.9. The number of likely N-dealkylation sites (N-methyl/N-ethyl adjacent to an activating group) is 1. The van der Waals surface area contributed by atoms with E-state index < -0.39 is 18.3 Å². The van der Waals surface area contributed by atoms with E-state index in [0.29, 0.717) is 38.4 Å². The summed E-state index contributed by atoms with van der Waals surface area (Å²) >= 11 is 6.40. The van der Waals surface area contributed by atoms with Gasteiger partial charge in [-0.2, -0.15) is 8.78 Å². The van der Waals surface area contributed by atoms with Crippen LogP contribution in [0.4, 0.5) is 18.9 Å². The SMILES string of the molecule is CN(C)CC(=O)N1CCN(C(=O)c2ccc(NC(=O)c3ncc(-c4ccc(OC(F)F)cc4F)n3C)cc2Cl)CC1. The number of amides is 3. The molecular weight excluding hydrogens is 565 g/mol. The number of carbonyl (C=O) groups is 3. The summed E-state index contributed by atoms with van der Waals surface area (Å²) in [6.45, 7) is -1.20. The minimum atomic E-state index is -3.09. The van der Waals surface area contributed by atoms with Crippen LogP contribution in [-0.2, 0) is 11.8 Å². The van der Waals surface area contributed by atoms with E-state index in [1.165, 1.54) is 48.1 Å². The molecule has 3 aromatic rings. The molecule has 0 bridgehead atoms. The van der Waals surface area contributed by atoms with Crippen molar-refractivity contribution in [3.8, 4) is 17.0 Å². The molecule has 14 heteroatoms. The van der Waals surface area contributed by atoms with Gasteiger partial charge in [0.1, 0.15) is 11.6 Å². The fourth-order valence-electron chi connectivity index (χ4n) is 4.40. The van der Waals surface area contributed by atoms with Crippen molar-refractivity contribution < 1.29 is 32.3 Å². The van der Waals surface area contributed by atoms with Gasteiger partial charge in [0, 0.05) is 50.5 Å². The number of nitrogens with one attached hydrogen (secondary N) is 1. The van der Waals surface area contributed by atoms with Crippen LogP contribution in [0.15, 0.2) is 42.6 Å². The Morgan fingerprint density at radius 3 is 2.37 bits per heavy atom. The van der Waals surface area contributed by atoms with Gasteiger partial charge >= 0.3 is 6.61 Å². The number of benzene rings is 2. The lowest BCUT2D eigenvalue weighted by Gasteiger charge is -2.35. The highest BCUT2D eigenvalue weighted by Crippen LogP contribution is 2.28. The quantitative estimate of drug-likeness (QED) is 0.429. The van der Waals surface area contributed by atoms with Crippen molar-refractivity contribution in [2.75, 3.05) is 52.1 Å². The van der Waals surface area contributed by atoms with Crippen molar-refractivity contribution in [2.45, 2.75) is 6.61 Å². The van der Waals surface area contributed by atoms with Crippen LogP contribution in [-0.4, -0.2) is 95.4 Å². The number of hydrogen-bond acceptors (Lipinski definition) is 6. The van der Waals surface area contributed by atoms with Gasteiger partial charge in [0.05, 0.1) is 29.0 Å². The Kier molecular flexibility index (Phi) is 9.18. The number of aromatic nitrogens is 2. The molecule has 2 heterocycles. The van der Waals surface area contributed by atoms with E-state index in [1.807, 2.05) is 14.1 Å². The van der Waals surface area contributed by atoms with Gasteiger partial charge in [-0.25, -0.2) is 9.37 Å². The molecule has 1 aliphatic rings. The highest BCUT2D eigenvalue weighted by molar-refractivity contribution is 6.34. The molecule has 4 rings (SSSR count). The summed E-state index contributed by atoms with van der Waals surface area (Å²) < 4.78 is 44.9. The van der Waals surface area contributed by atoms with Crippen molar-refractivity contribution in [3.63, 3.8) is 0 Å². The van der Waals surface area contributed by atoms with Crippen LogP contribution in [0.2, 0.25) is 5.02 Å². The number of piperazine rings is 1. The smallest absolute Gasteiger partial charge is 0.387 e. The van der Waals surface area contributed by atoms with Crippen LogP contribution in [0.1, 0.15) is 21.0 Å². The van der Waals surface area contributed by atoms with Gasteiger partial charge in [-0.1, -0.05) is 11.6 Å². The maximum atomic E-state index is 14.6. The van der Waals surface area contributed by atoms with E-state index in [2.05, 4.69) is 15.0 Å². The number of alkyl halides is 2. The molecular formula is C27H28ClF3N6O4. The van der Waals surface area contributed by atoms with Crippen LogP contribution in [0, 0.1) is 5.82 Å². The Morgan fingerprint density at radius 1 is 1.07 bits per heavy atom. The van der Waals surface area contributed by atoms with Gasteiger partial charge in [-0.15, -0.1) is 0 Å². The summed E-state index contributed by atoms with van der Waals surface area (Å²) in [7, 11) is 5.14. The normalized spacial score (nSPS) is 13.6. The van der Waals surface area contributed by atoms with Crippen LogP contribution in [0.5, 0.6) is 5.75 Å². The largest absolute Gasteiger partial charge is 0.435 e. The van der Waals surface area contributed by atoms with Crippen LogP contribution >= 0.6 is 11.6 Å². The Balaban J connectivity index is 1.41. The second-order valence-electron chi connectivity index (χ2n) is 9.61. The van der Waals surface area contributed by atoms with Gasteiger partial charge in [-0.3, -0.25) is 14.4 Å². The predicted molar refractivity (Wildman–Crippen MR) is 146 cm³/mol. The number of rotatable bonds is 8. The Bertz CT molecular complexity index is 1460. The van der Waals surface area contributed by atoms with E-state index >= 15 is 0 Å². The second kappa shape index (κ2) is 12.6. The van der Waals surface area contributed by atoms with Crippen molar-refractivity contribution in [3.05, 3.63) is 64.8 Å². The predicted octanol–water partition coefficient (Wildman–Crippen LogP) is 3.58. The van der Waals surface area contributed by atoms with Gasteiger partial charge < -0.3 is 29.3 Å². The van der Waals surface area contributed by atoms with Crippen LogP contribution in [0.3, 0.4) is 0 Å². The standard InChI is InChI=1S/C27H28ClF3N6O4/c1-34(2)15-23(38)36-8-10-37(11-9-36)26(40)18-6-4-16(12-20(18)28)33-25(39)24-32-14-22(35(24)3)19-7-5-17(13-21(19)29)41-27(30)31/h4-7,12-14,27H,8-11,15H2,1-3H3,(H,33,39). The van der Waals surface area contributed by atoms with Crippen molar-refractivity contribution in [1.29, 1.82) is 0 Å². The molecule has 0 radical (unpaired) electrons. The molecule has 0 unspecified atom stereocenters. The molecule has 218 valence electrons. The molecule has 10 nitrogen and oxygen atoms in total. The molecule has 3 amide bonds. The van der Waals surface area contributed by atoms with Crippen molar-refractivity contribution in [2.24, 2.45) is 7.05 Å². The lowest BCUT2D eigenvalue weighted by Crippen LogP contribution is -2.52. The molecule has 2 aromatic carbocycles. The lowest BCUT2D eigenvalue weighted by molar-refractivity contribution is -0.133. The van der Waals surface area contributed by atoms with Gasteiger partial charge in [0.15, 0.2) is 5.82 Å². The molecule has 1 saturated heterocycles. The average Bonchev–Trinajstić information content (AvgIpc) is 3.29. The van der Waals surface area contributed by atoms with E-state index in [1.54, 1.807) is 14.7 Å². The first-order chi connectivity index (χ1) is 19.4. The van der Waals surface area contributed by atoms with E-state index in [0.717, 1.165) is 6.07 Å². The number of halogens is 4. The average molecular weight is 593 g/mol. The monoisotopic (exact) mass is 592 g/mol. The van der Waals surface area contributed by atoms with Crippen molar-refractivity contribution in [1.82, 2.24) is 24.3 Å². The minimum absolute atomic E-state index is 0.00237. The highest BCUT2D eigenvalue weighted by Gasteiger charge is 2.26. The molecule has 0 atom stereocenters. The number of hydrogen-bond donors (Lipinski definition) is 1. The maximum absolute atomic E-state index is 14.6. The summed E-state index contributed by atoms with van der Waals surface area (Å²) in [4.78, 5) is 47.5. The fourth-order valence-corrected chi connectivity index (χ4v) is 4.66. The molecule has 0 spiro atoms. The zero-order chi connectivity index (χ0) is 29.8. The molecule has 1 fully saturated rings. The Labute approximate surface area is 239 Å². The topological polar surface area (TPSA) is 100 Å². The molecule has 0 aliphatic carbocycles. The maximum Gasteiger partial charge on any atom is 0.387 e. The van der Waals surface area contributed by atoms with Gasteiger partial charge in [-0.05, 0) is 44.4 Å². The summed E-state index contributed by atoms with van der Waals surface area (Å²) in [6.07, 6.45) is 1.28. The zero-order valence-electron chi connectivity index (χ0n) is 22.5. The van der Waals surface area contributed by atoms with Crippen molar-refractivity contribution >= 4 is 35.0 Å². The molecule has 41 heavy (non-hydrogen) atoms. The van der Waals surface area contributed by atoms with E-state index in [4.69, 9.17) is 11.6 Å². The minimum Gasteiger partial charge on any atom is -0.435 e. The third-order valence-electron chi connectivity index (χ3n) is 6.46.